The quantitative estimate of drug-likeness (QED) is 0.720. The highest BCUT2D eigenvalue weighted by atomic mass is 32.2. The van der Waals surface area contributed by atoms with Crippen molar-refractivity contribution in [3.63, 3.8) is 0 Å². The minimum absolute atomic E-state index is 0.0361. The van der Waals surface area contributed by atoms with E-state index in [1.807, 2.05) is 0 Å². The number of anilines is 2. The van der Waals surface area contributed by atoms with Crippen molar-refractivity contribution in [2.45, 2.75) is 25.6 Å². The number of amides is 2. The van der Waals surface area contributed by atoms with Gasteiger partial charge in [-0.05, 0) is 31.5 Å². The van der Waals surface area contributed by atoms with Gasteiger partial charge in [-0.25, -0.2) is 8.42 Å². The number of rotatable bonds is 3. The summed E-state index contributed by atoms with van der Waals surface area (Å²) < 4.78 is 66.7. The van der Waals surface area contributed by atoms with Gasteiger partial charge in [0.05, 0.1) is 34.4 Å². The highest BCUT2D eigenvalue weighted by Crippen LogP contribution is 2.37. The van der Waals surface area contributed by atoms with Gasteiger partial charge in [-0.2, -0.15) is 13.2 Å². The zero-order chi connectivity index (χ0) is 21.6. The summed E-state index contributed by atoms with van der Waals surface area (Å²) in [6.07, 6.45) is -5.89. The van der Waals surface area contributed by atoms with Crippen LogP contribution >= 0.6 is 0 Å². The number of fused-ring (bicyclic) bond motifs is 1. The first-order valence-corrected chi connectivity index (χ1v) is 10.4. The van der Waals surface area contributed by atoms with E-state index in [9.17, 15) is 36.0 Å². The van der Waals surface area contributed by atoms with Gasteiger partial charge in [0.25, 0.3) is 5.91 Å². The molecule has 2 unspecified atom stereocenters. The van der Waals surface area contributed by atoms with Crippen molar-refractivity contribution in [1.29, 1.82) is 0 Å². The average molecular weight is 434 g/mol. The Hall–Kier alpha value is -2.63. The molecule has 0 aliphatic carbocycles. The van der Waals surface area contributed by atoms with Crippen molar-refractivity contribution in [1.82, 2.24) is 0 Å². The molecule has 2 amide bonds. The first kappa shape index (κ1) is 21.1. The molecule has 29 heavy (non-hydrogen) atoms. The molecule has 3 rings (SSSR count). The molecule has 8 nitrogen and oxygen atoms in total. The lowest BCUT2D eigenvalue weighted by atomic mass is 10.1. The van der Waals surface area contributed by atoms with Gasteiger partial charge in [0, 0.05) is 0 Å². The first-order valence-electron chi connectivity index (χ1n) is 8.61. The molecular weight excluding hydrogens is 417 g/mol. The maximum atomic E-state index is 12.9. The fraction of sp³-hybridized carbons (Fsp3) is 0.471. The highest BCUT2D eigenvalue weighted by Gasteiger charge is 2.38. The number of hydrogen-bond donors (Lipinski definition) is 1. The molecule has 1 aromatic carbocycles. The number of nitrogens with one attached hydrogen (secondary N) is 1. The van der Waals surface area contributed by atoms with Crippen LogP contribution in [0.5, 0.6) is 0 Å². The predicted octanol–water partition coefficient (Wildman–Crippen LogP) is 1.36. The fourth-order valence-electron chi connectivity index (χ4n) is 3.18. The summed E-state index contributed by atoms with van der Waals surface area (Å²) >= 11 is 0. The molecular formula is C17H17F3N2O6S. The summed E-state index contributed by atoms with van der Waals surface area (Å²) in [5.41, 5.74) is -1.15. The van der Waals surface area contributed by atoms with Crippen LogP contribution in [0.25, 0.3) is 0 Å². The van der Waals surface area contributed by atoms with Crippen molar-refractivity contribution in [3.8, 4) is 0 Å². The van der Waals surface area contributed by atoms with E-state index in [-0.39, 0.29) is 29.3 Å². The van der Waals surface area contributed by atoms with Crippen molar-refractivity contribution >= 4 is 39.0 Å². The second-order valence-electron chi connectivity index (χ2n) is 6.88. The lowest BCUT2D eigenvalue weighted by molar-refractivity contribution is -0.157. The zero-order valence-electron chi connectivity index (χ0n) is 15.2. The van der Waals surface area contributed by atoms with Crippen molar-refractivity contribution in [2.24, 2.45) is 5.92 Å². The predicted molar refractivity (Wildman–Crippen MR) is 94.7 cm³/mol. The van der Waals surface area contributed by atoms with E-state index in [2.05, 4.69) is 5.32 Å². The molecule has 2 atom stereocenters. The Morgan fingerprint density at radius 3 is 2.59 bits per heavy atom. The van der Waals surface area contributed by atoms with Crippen molar-refractivity contribution in [2.75, 3.05) is 28.3 Å². The number of ether oxygens (including phenoxy) is 1. The third-order valence-electron chi connectivity index (χ3n) is 4.66. The lowest BCUT2D eigenvalue weighted by Crippen LogP contribution is -2.47. The Morgan fingerprint density at radius 1 is 1.31 bits per heavy atom. The second-order valence-corrected chi connectivity index (χ2v) is 9.11. The molecule has 0 aromatic heterocycles. The molecule has 0 bridgehead atoms. The van der Waals surface area contributed by atoms with E-state index in [1.54, 1.807) is 0 Å². The summed E-state index contributed by atoms with van der Waals surface area (Å²) in [6, 6.07) is 2.54. The first-order chi connectivity index (χ1) is 13.4. The van der Waals surface area contributed by atoms with E-state index in [1.165, 1.54) is 6.92 Å². The molecule has 158 valence electrons. The molecule has 1 fully saturated rings. The molecule has 0 saturated carbocycles. The number of benzene rings is 1. The Balaban J connectivity index is 1.77. The summed E-state index contributed by atoms with van der Waals surface area (Å²) in [5, 5.41) is 2.28. The van der Waals surface area contributed by atoms with Gasteiger partial charge in [-0.1, -0.05) is 0 Å². The molecule has 2 aliphatic heterocycles. The number of esters is 1. The van der Waals surface area contributed by atoms with Gasteiger partial charge < -0.3 is 10.1 Å². The number of alkyl halides is 3. The standard InChI is InChI=1S/C17H17F3N2O6S/c1-9(28-16(25)10-4-5-29(26,27)8-10)15(24)22-7-14(23)21-12-6-11(17(18,19)20)2-3-13(12)22/h2-3,6,9-10H,4-5,7-8H2,1H3,(H,21,23). The molecule has 12 heteroatoms. The normalized spacial score (nSPS) is 21.9. The van der Waals surface area contributed by atoms with Gasteiger partial charge in [-0.3, -0.25) is 19.3 Å². The monoisotopic (exact) mass is 434 g/mol. The molecule has 1 aromatic rings. The minimum Gasteiger partial charge on any atom is -0.452 e. The summed E-state index contributed by atoms with van der Waals surface area (Å²) in [5.74, 6) is -3.73. The number of halogens is 3. The van der Waals surface area contributed by atoms with Crippen LogP contribution < -0.4 is 10.2 Å². The highest BCUT2D eigenvalue weighted by molar-refractivity contribution is 7.91. The van der Waals surface area contributed by atoms with E-state index in [4.69, 9.17) is 4.74 Å². The zero-order valence-corrected chi connectivity index (χ0v) is 16.0. The number of nitrogens with zero attached hydrogens (tertiary/aromatic N) is 1. The average Bonchev–Trinajstić information content (AvgIpc) is 2.99. The van der Waals surface area contributed by atoms with Crippen LogP contribution in [0.1, 0.15) is 18.9 Å². The van der Waals surface area contributed by atoms with Crippen LogP contribution in [0.15, 0.2) is 18.2 Å². The fourth-order valence-corrected chi connectivity index (χ4v) is 4.91. The number of carbonyl (C=O) groups is 3. The smallest absolute Gasteiger partial charge is 0.416 e. The van der Waals surface area contributed by atoms with Crippen LogP contribution in [-0.2, 0) is 35.1 Å². The molecule has 1 N–H and O–H groups in total. The molecule has 2 heterocycles. The van der Waals surface area contributed by atoms with Gasteiger partial charge in [0.15, 0.2) is 15.9 Å². The van der Waals surface area contributed by atoms with Crippen LogP contribution in [0, 0.1) is 5.92 Å². The summed E-state index contributed by atoms with van der Waals surface area (Å²) in [6.45, 7) is 0.789. The van der Waals surface area contributed by atoms with Crippen molar-refractivity contribution in [3.05, 3.63) is 23.8 Å². The molecule has 0 spiro atoms. The van der Waals surface area contributed by atoms with E-state index in [0.29, 0.717) is 6.07 Å². The molecule has 1 saturated heterocycles. The number of carbonyl (C=O) groups excluding carboxylic acids is 3. The number of hydrogen-bond acceptors (Lipinski definition) is 6. The lowest BCUT2D eigenvalue weighted by Gasteiger charge is -2.31. The minimum atomic E-state index is -4.63. The maximum Gasteiger partial charge on any atom is 0.416 e. The summed E-state index contributed by atoms with van der Waals surface area (Å²) in [7, 11) is -3.32. The Morgan fingerprint density at radius 2 is 2.00 bits per heavy atom. The third kappa shape index (κ3) is 4.52. The van der Waals surface area contributed by atoms with Gasteiger partial charge in [0.1, 0.15) is 6.54 Å². The third-order valence-corrected chi connectivity index (χ3v) is 6.43. The van der Waals surface area contributed by atoms with Crippen LogP contribution in [-0.4, -0.2) is 50.4 Å². The summed E-state index contributed by atoms with van der Waals surface area (Å²) in [4.78, 5) is 37.6. The second kappa shape index (κ2) is 7.32. The topological polar surface area (TPSA) is 110 Å². The SMILES string of the molecule is CC(OC(=O)C1CCS(=O)(=O)C1)C(=O)N1CC(=O)Nc2cc(C(F)(F)F)ccc21. The van der Waals surface area contributed by atoms with E-state index < -0.39 is 57.9 Å². The van der Waals surface area contributed by atoms with Crippen LogP contribution in [0.3, 0.4) is 0 Å². The number of sulfone groups is 1. The Kier molecular flexibility index (Phi) is 5.32. The van der Waals surface area contributed by atoms with E-state index in [0.717, 1.165) is 17.0 Å². The Bertz CT molecular complexity index is 976. The van der Waals surface area contributed by atoms with Gasteiger partial charge in [-0.15, -0.1) is 0 Å². The van der Waals surface area contributed by atoms with Gasteiger partial charge >= 0.3 is 12.1 Å². The maximum absolute atomic E-state index is 12.9. The molecule has 0 radical (unpaired) electrons. The largest absolute Gasteiger partial charge is 0.452 e. The van der Waals surface area contributed by atoms with Crippen LogP contribution in [0.2, 0.25) is 0 Å². The Labute approximate surface area is 163 Å². The van der Waals surface area contributed by atoms with Crippen LogP contribution in [0.4, 0.5) is 24.5 Å². The van der Waals surface area contributed by atoms with E-state index >= 15 is 0 Å². The van der Waals surface area contributed by atoms with Gasteiger partial charge in [0.2, 0.25) is 5.91 Å². The molecule has 2 aliphatic rings. The van der Waals surface area contributed by atoms with Crippen molar-refractivity contribution < 1.29 is 40.7 Å².